The van der Waals surface area contributed by atoms with Crippen molar-refractivity contribution < 1.29 is 45.7 Å². The van der Waals surface area contributed by atoms with Crippen LogP contribution in [0.5, 0.6) is 11.5 Å². The van der Waals surface area contributed by atoms with Crippen molar-refractivity contribution >= 4 is 45.1 Å². The number of alkyl halides is 2. The fraction of sp³-hybridized carbons (Fsp3) is 0.424. The SMILES string of the molecule is CN(C)C(=O)c1cccc(CS(=O)(=O)N2CCC[C@H]2C(=O)O[C@@H](Cc2c(Cl)c[n+]([O-])cc2Cl)c2ccc(OC(F)F)c(OCC3CC3)c2)c1. The Kier molecular flexibility index (Phi) is 11.5. The molecule has 0 spiro atoms. The van der Waals surface area contributed by atoms with Crippen molar-refractivity contribution in [1.82, 2.24) is 9.21 Å². The van der Waals surface area contributed by atoms with Crippen LogP contribution in [-0.2, 0) is 31.7 Å². The Morgan fingerprint density at radius 2 is 1.78 bits per heavy atom. The maximum atomic E-state index is 13.8. The number of sulfonamides is 1. The second-order valence-electron chi connectivity index (χ2n) is 12.2. The molecule has 2 aromatic carbocycles. The van der Waals surface area contributed by atoms with Crippen molar-refractivity contribution in [2.75, 3.05) is 27.2 Å². The average Bonchev–Trinajstić information content (AvgIpc) is 3.72. The molecule has 0 radical (unpaired) electrons. The Balaban J connectivity index is 1.43. The number of rotatable bonds is 14. The molecule has 5 rings (SSSR count). The third-order valence-electron chi connectivity index (χ3n) is 8.19. The first-order valence-corrected chi connectivity index (χ1v) is 17.9. The van der Waals surface area contributed by atoms with Crippen LogP contribution in [0.25, 0.3) is 0 Å². The zero-order chi connectivity index (χ0) is 35.5. The molecule has 1 amide bonds. The summed E-state index contributed by atoms with van der Waals surface area (Å²) in [5.41, 5.74) is 1.27. The lowest BCUT2D eigenvalue weighted by Crippen LogP contribution is -2.42. The summed E-state index contributed by atoms with van der Waals surface area (Å²) in [6.07, 6.45) is 3.31. The number of benzene rings is 2. The maximum absolute atomic E-state index is 13.8. The largest absolute Gasteiger partial charge is 0.619 e. The number of amides is 1. The molecule has 1 saturated heterocycles. The molecule has 2 atom stereocenters. The van der Waals surface area contributed by atoms with Crippen molar-refractivity contribution in [3.8, 4) is 11.5 Å². The van der Waals surface area contributed by atoms with Crippen LogP contribution in [-0.4, -0.2) is 69.4 Å². The Bertz CT molecular complexity index is 1790. The first-order chi connectivity index (χ1) is 23.2. The molecular weight excluding hydrogens is 707 g/mol. The van der Waals surface area contributed by atoms with E-state index in [0.717, 1.165) is 29.5 Å². The molecule has 3 aromatic rings. The van der Waals surface area contributed by atoms with E-state index in [1.807, 2.05) is 0 Å². The normalized spacial score (nSPS) is 17.2. The third kappa shape index (κ3) is 9.30. The predicted molar refractivity (Wildman–Crippen MR) is 176 cm³/mol. The molecule has 0 unspecified atom stereocenters. The van der Waals surface area contributed by atoms with Gasteiger partial charge in [0.05, 0.1) is 12.4 Å². The number of aromatic nitrogens is 1. The minimum absolute atomic E-state index is 0.00783. The molecule has 0 N–H and O–H groups in total. The van der Waals surface area contributed by atoms with Crippen LogP contribution in [0, 0.1) is 11.1 Å². The summed E-state index contributed by atoms with van der Waals surface area (Å²) in [6.45, 7) is -2.77. The highest BCUT2D eigenvalue weighted by molar-refractivity contribution is 7.88. The quantitative estimate of drug-likeness (QED) is 0.120. The van der Waals surface area contributed by atoms with Gasteiger partial charge in [-0.15, -0.1) is 0 Å². The topological polar surface area (TPSA) is 129 Å². The standard InChI is InChI=1S/C33H35Cl2F2N3O8S/c1-38(2)31(41)23-6-3-5-21(13-23)19-49(44,45)40-12-4-7-27(40)32(42)47-29(15-24-25(34)16-39(43)17-26(24)35)22-10-11-28(48-33(36)37)30(14-22)46-18-20-8-9-20/h3,5-6,10-11,13-14,16-17,20,27,29,33H,4,7-9,12,15,18-19H2,1-2H3/t27-,29-/m0/s1. The van der Waals surface area contributed by atoms with E-state index in [4.69, 9.17) is 32.7 Å². The molecule has 1 aromatic heterocycles. The van der Waals surface area contributed by atoms with E-state index >= 15 is 0 Å². The lowest BCUT2D eigenvalue weighted by molar-refractivity contribution is -0.605. The van der Waals surface area contributed by atoms with E-state index in [1.165, 1.54) is 29.2 Å². The molecule has 1 saturated carbocycles. The molecule has 2 aliphatic rings. The van der Waals surface area contributed by atoms with E-state index < -0.39 is 40.5 Å². The monoisotopic (exact) mass is 741 g/mol. The fourth-order valence-corrected chi connectivity index (χ4v) is 7.89. The Morgan fingerprint density at radius 1 is 1.06 bits per heavy atom. The van der Waals surface area contributed by atoms with Gasteiger partial charge in [0.2, 0.25) is 10.0 Å². The zero-order valence-electron chi connectivity index (χ0n) is 26.7. The highest BCUT2D eigenvalue weighted by atomic mass is 35.5. The van der Waals surface area contributed by atoms with Gasteiger partial charge in [0, 0.05) is 38.2 Å². The van der Waals surface area contributed by atoms with Gasteiger partial charge in [0.1, 0.15) is 22.2 Å². The van der Waals surface area contributed by atoms with Gasteiger partial charge in [0.15, 0.2) is 23.9 Å². The average molecular weight is 743 g/mol. The van der Waals surface area contributed by atoms with Gasteiger partial charge < -0.3 is 24.3 Å². The Morgan fingerprint density at radius 3 is 2.43 bits per heavy atom. The minimum atomic E-state index is -4.06. The van der Waals surface area contributed by atoms with Crippen LogP contribution in [0.1, 0.15) is 58.8 Å². The van der Waals surface area contributed by atoms with Gasteiger partial charge in [-0.1, -0.05) is 41.4 Å². The molecule has 1 aliphatic heterocycles. The van der Waals surface area contributed by atoms with Crippen LogP contribution >= 0.6 is 23.2 Å². The number of halogens is 4. The number of esters is 1. The summed E-state index contributed by atoms with van der Waals surface area (Å²) >= 11 is 12.7. The summed E-state index contributed by atoms with van der Waals surface area (Å²) in [5, 5.41) is 11.9. The molecule has 0 bridgehead atoms. The highest BCUT2D eigenvalue weighted by Crippen LogP contribution is 2.38. The van der Waals surface area contributed by atoms with E-state index in [1.54, 1.807) is 32.3 Å². The van der Waals surface area contributed by atoms with Crippen molar-refractivity contribution in [3.05, 3.63) is 92.4 Å². The summed E-state index contributed by atoms with van der Waals surface area (Å²) in [4.78, 5) is 27.7. The molecule has 1 aliphatic carbocycles. The predicted octanol–water partition coefficient (Wildman–Crippen LogP) is 5.54. The molecular formula is C33H35Cl2F2N3O8S. The summed E-state index contributed by atoms with van der Waals surface area (Å²) in [5.74, 6) is -1.51. The van der Waals surface area contributed by atoms with Gasteiger partial charge >= 0.3 is 12.6 Å². The number of nitrogens with zero attached hydrogens (tertiary/aromatic N) is 3. The zero-order valence-corrected chi connectivity index (χ0v) is 29.0. The van der Waals surface area contributed by atoms with Gasteiger partial charge in [-0.25, -0.2) is 8.42 Å². The van der Waals surface area contributed by atoms with E-state index in [0.29, 0.717) is 27.8 Å². The van der Waals surface area contributed by atoms with E-state index in [-0.39, 0.29) is 64.9 Å². The summed E-state index contributed by atoms with van der Waals surface area (Å²) < 4.78 is 71.7. The van der Waals surface area contributed by atoms with Crippen molar-refractivity contribution in [1.29, 1.82) is 0 Å². The van der Waals surface area contributed by atoms with E-state index in [9.17, 15) is 32.0 Å². The van der Waals surface area contributed by atoms with Gasteiger partial charge in [0.25, 0.3) is 5.91 Å². The maximum Gasteiger partial charge on any atom is 0.387 e. The number of hydrogen-bond donors (Lipinski definition) is 0. The molecule has 11 nitrogen and oxygen atoms in total. The van der Waals surface area contributed by atoms with Gasteiger partial charge in [-0.2, -0.15) is 17.8 Å². The molecule has 49 heavy (non-hydrogen) atoms. The number of carbonyl (C=O) groups is 2. The van der Waals surface area contributed by atoms with Crippen LogP contribution < -0.4 is 14.2 Å². The van der Waals surface area contributed by atoms with Gasteiger partial charge in [-0.05, 0) is 67.0 Å². The Labute approximate surface area is 292 Å². The van der Waals surface area contributed by atoms with Crippen LogP contribution in [0.2, 0.25) is 10.0 Å². The molecule has 264 valence electrons. The van der Waals surface area contributed by atoms with Crippen molar-refractivity contribution in [2.24, 2.45) is 5.92 Å². The lowest BCUT2D eigenvalue weighted by Gasteiger charge is -2.26. The van der Waals surface area contributed by atoms with Gasteiger partial charge in [-0.3, -0.25) is 9.59 Å². The second-order valence-corrected chi connectivity index (χ2v) is 14.9. The second kappa shape index (κ2) is 15.4. The van der Waals surface area contributed by atoms with Crippen LogP contribution in [0.4, 0.5) is 8.78 Å². The lowest BCUT2D eigenvalue weighted by atomic mass is 10.0. The number of hydrogen-bond acceptors (Lipinski definition) is 8. The van der Waals surface area contributed by atoms with E-state index in [2.05, 4.69) is 4.74 Å². The van der Waals surface area contributed by atoms with Crippen LogP contribution in [0.3, 0.4) is 0 Å². The first kappa shape index (κ1) is 36.6. The number of ether oxygens (including phenoxy) is 3. The number of carbonyl (C=O) groups excluding carboxylic acids is 2. The smallest absolute Gasteiger partial charge is 0.387 e. The summed E-state index contributed by atoms with van der Waals surface area (Å²) in [6, 6.07) is 9.21. The highest BCUT2D eigenvalue weighted by Gasteiger charge is 2.41. The molecule has 2 fully saturated rings. The van der Waals surface area contributed by atoms with Crippen LogP contribution in [0.15, 0.2) is 54.9 Å². The molecule has 2 heterocycles. The minimum Gasteiger partial charge on any atom is -0.619 e. The fourth-order valence-electron chi connectivity index (χ4n) is 5.54. The van der Waals surface area contributed by atoms with Crippen molar-refractivity contribution in [3.63, 3.8) is 0 Å². The van der Waals surface area contributed by atoms with Crippen molar-refractivity contribution in [2.45, 2.75) is 56.6 Å². The number of pyridine rings is 1. The summed E-state index contributed by atoms with van der Waals surface area (Å²) in [7, 11) is -0.881. The first-order valence-electron chi connectivity index (χ1n) is 15.5. The Hall–Kier alpha value is -3.72. The molecule has 16 heteroatoms. The third-order valence-corrected chi connectivity index (χ3v) is 10.7.